The Balaban J connectivity index is 1.36. The Morgan fingerprint density at radius 1 is 1.00 bits per heavy atom. The van der Waals surface area contributed by atoms with Gasteiger partial charge in [-0.25, -0.2) is 0 Å². The number of fused-ring (bicyclic) bond motifs is 1. The molecule has 1 saturated carbocycles. The van der Waals surface area contributed by atoms with Gasteiger partial charge in [0.05, 0.1) is 10.2 Å². The van der Waals surface area contributed by atoms with Gasteiger partial charge in [-0.05, 0) is 35.9 Å². The van der Waals surface area contributed by atoms with Gasteiger partial charge in [0.25, 0.3) is 5.91 Å². The summed E-state index contributed by atoms with van der Waals surface area (Å²) in [7, 11) is 0. The summed E-state index contributed by atoms with van der Waals surface area (Å²) in [5.41, 5.74) is 3.23. The van der Waals surface area contributed by atoms with Crippen LogP contribution in [0.1, 0.15) is 41.7 Å². The fraction of sp³-hybridized carbons (Fsp3) is 0.435. The van der Waals surface area contributed by atoms with Crippen LogP contribution in [0.25, 0.3) is 10.2 Å². The van der Waals surface area contributed by atoms with E-state index in [0.717, 1.165) is 44.5 Å². The number of piperazine rings is 1. The molecule has 1 aliphatic heterocycles. The third kappa shape index (κ3) is 3.38. The average Bonchev–Trinajstić information content (AvgIpc) is 3.48. The van der Waals surface area contributed by atoms with Crippen LogP contribution in [0.3, 0.4) is 0 Å². The number of nitrogens with zero attached hydrogens (tertiary/aromatic N) is 3. The number of rotatable bonds is 4. The van der Waals surface area contributed by atoms with E-state index in [-0.39, 0.29) is 5.91 Å². The molecule has 5 heteroatoms. The summed E-state index contributed by atoms with van der Waals surface area (Å²) in [5, 5.41) is 2.11. The van der Waals surface area contributed by atoms with E-state index in [4.69, 9.17) is 0 Å². The maximum Gasteiger partial charge on any atom is 0.270 e. The van der Waals surface area contributed by atoms with E-state index in [2.05, 4.69) is 56.1 Å². The molecule has 0 spiro atoms. The molecule has 4 nitrogen and oxygen atoms in total. The van der Waals surface area contributed by atoms with Gasteiger partial charge in [-0.3, -0.25) is 9.69 Å². The molecule has 0 unspecified atom stereocenters. The van der Waals surface area contributed by atoms with Crippen LogP contribution in [0.4, 0.5) is 0 Å². The summed E-state index contributed by atoms with van der Waals surface area (Å²) in [5.74, 6) is 0.186. The number of thiophene rings is 1. The van der Waals surface area contributed by atoms with Crippen molar-refractivity contribution in [2.75, 3.05) is 26.2 Å². The van der Waals surface area contributed by atoms with Crippen molar-refractivity contribution in [3.05, 3.63) is 59.1 Å². The van der Waals surface area contributed by atoms with Crippen LogP contribution in [0.15, 0.2) is 47.8 Å². The fourth-order valence-electron chi connectivity index (χ4n) is 4.81. The van der Waals surface area contributed by atoms with Gasteiger partial charge in [0.2, 0.25) is 0 Å². The number of benzene rings is 1. The van der Waals surface area contributed by atoms with Crippen LogP contribution < -0.4 is 0 Å². The molecular formula is C23H27N3OS. The average molecular weight is 394 g/mol. The Hall–Kier alpha value is -2.11. The molecule has 3 aromatic rings. The minimum atomic E-state index is 0.186. The van der Waals surface area contributed by atoms with Gasteiger partial charge in [-0.2, -0.15) is 0 Å². The quantitative estimate of drug-likeness (QED) is 0.655. The van der Waals surface area contributed by atoms with E-state index in [9.17, 15) is 4.79 Å². The summed E-state index contributed by atoms with van der Waals surface area (Å²) in [4.78, 5) is 18.1. The first-order valence-corrected chi connectivity index (χ1v) is 11.3. The van der Waals surface area contributed by atoms with Gasteiger partial charge in [0, 0.05) is 38.8 Å². The zero-order valence-corrected chi connectivity index (χ0v) is 17.0. The lowest BCUT2D eigenvalue weighted by Gasteiger charge is -2.38. The molecule has 0 radical (unpaired) electrons. The van der Waals surface area contributed by atoms with Crippen LogP contribution in [-0.4, -0.2) is 52.5 Å². The molecule has 28 heavy (non-hydrogen) atoms. The summed E-state index contributed by atoms with van der Waals surface area (Å²) in [6.07, 6.45) is 5.41. The monoisotopic (exact) mass is 393 g/mol. The Morgan fingerprint density at radius 2 is 1.75 bits per heavy atom. The lowest BCUT2D eigenvalue weighted by Crippen LogP contribution is -2.51. The highest BCUT2D eigenvalue weighted by molar-refractivity contribution is 7.17. The normalized spacial score (nSPS) is 18.9. The Bertz CT molecular complexity index is 947. The smallest absolute Gasteiger partial charge is 0.270 e. The summed E-state index contributed by atoms with van der Waals surface area (Å²) >= 11 is 1.71. The van der Waals surface area contributed by atoms with Crippen molar-refractivity contribution in [3.8, 4) is 0 Å². The van der Waals surface area contributed by atoms with E-state index in [1.165, 1.54) is 41.5 Å². The Morgan fingerprint density at radius 3 is 2.50 bits per heavy atom. The molecule has 5 rings (SSSR count). The topological polar surface area (TPSA) is 28.5 Å². The van der Waals surface area contributed by atoms with E-state index in [0.29, 0.717) is 0 Å². The van der Waals surface area contributed by atoms with E-state index < -0.39 is 0 Å². The maximum atomic E-state index is 13.4. The number of amides is 1. The van der Waals surface area contributed by atoms with Crippen molar-refractivity contribution < 1.29 is 4.79 Å². The van der Waals surface area contributed by atoms with Crippen molar-refractivity contribution in [2.24, 2.45) is 0 Å². The van der Waals surface area contributed by atoms with E-state index >= 15 is 0 Å². The molecule has 2 fully saturated rings. The molecule has 1 aromatic carbocycles. The molecular weight excluding hydrogens is 366 g/mol. The molecule has 146 valence electrons. The van der Waals surface area contributed by atoms with Gasteiger partial charge in [-0.15, -0.1) is 11.3 Å². The second-order valence-electron chi connectivity index (χ2n) is 8.04. The van der Waals surface area contributed by atoms with Crippen molar-refractivity contribution in [1.82, 2.24) is 14.4 Å². The third-order valence-electron chi connectivity index (χ3n) is 6.37. The minimum absolute atomic E-state index is 0.186. The number of carbonyl (C=O) groups excluding carboxylic acids is 1. The first-order valence-electron chi connectivity index (χ1n) is 10.4. The molecule has 2 aromatic heterocycles. The largest absolute Gasteiger partial charge is 0.335 e. The maximum absolute atomic E-state index is 13.4. The zero-order valence-electron chi connectivity index (χ0n) is 16.2. The second-order valence-corrected chi connectivity index (χ2v) is 8.99. The second kappa shape index (κ2) is 7.72. The summed E-state index contributed by atoms with van der Waals surface area (Å²) < 4.78 is 3.40. The van der Waals surface area contributed by atoms with Gasteiger partial charge in [0.15, 0.2) is 0 Å². The van der Waals surface area contributed by atoms with Gasteiger partial charge in [0.1, 0.15) is 5.69 Å². The van der Waals surface area contributed by atoms with Gasteiger partial charge in [-0.1, -0.05) is 43.2 Å². The van der Waals surface area contributed by atoms with Crippen LogP contribution in [0, 0.1) is 0 Å². The fourth-order valence-corrected chi connectivity index (χ4v) is 5.63. The number of hydrogen-bond donors (Lipinski definition) is 0. The molecule has 2 aliphatic rings. The van der Waals surface area contributed by atoms with Crippen LogP contribution in [0.2, 0.25) is 0 Å². The van der Waals surface area contributed by atoms with E-state index in [1.54, 1.807) is 11.3 Å². The third-order valence-corrected chi connectivity index (χ3v) is 7.22. The van der Waals surface area contributed by atoms with Crippen LogP contribution >= 0.6 is 11.3 Å². The highest BCUT2D eigenvalue weighted by Crippen LogP contribution is 2.28. The Labute approximate surface area is 170 Å². The molecule has 1 saturated heterocycles. The van der Waals surface area contributed by atoms with Crippen molar-refractivity contribution in [1.29, 1.82) is 0 Å². The Kier molecular flexibility index (Phi) is 4.95. The SMILES string of the molecule is O=C(c1cc2sccc2n1Cc1ccccc1)N1CCN(C2CCCC2)CC1. The van der Waals surface area contributed by atoms with Crippen molar-refractivity contribution in [2.45, 2.75) is 38.3 Å². The zero-order chi connectivity index (χ0) is 18.9. The highest BCUT2D eigenvalue weighted by Gasteiger charge is 2.29. The predicted molar refractivity (Wildman–Crippen MR) is 115 cm³/mol. The molecule has 1 aliphatic carbocycles. The van der Waals surface area contributed by atoms with Crippen molar-refractivity contribution >= 4 is 27.5 Å². The minimum Gasteiger partial charge on any atom is -0.335 e. The number of aromatic nitrogens is 1. The number of carbonyl (C=O) groups is 1. The molecule has 1 amide bonds. The molecule has 0 N–H and O–H groups in total. The predicted octanol–water partition coefficient (Wildman–Crippen LogP) is 4.45. The summed E-state index contributed by atoms with van der Waals surface area (Å²) in [6, 6.07) is 15.4. The van der Waals surface area contributed by atoms with Crippen LogP contribution in [0.5, 0.6) is 0 Å². The van der Waals surface area contributed by atoms with Crippen LogP contribution in [-0.2, 0) is 6.54 Å². The summed E-state index contributed by atoms with van der Waals surface area (Å²) in [6.45, 7) is 4.47. The highest BCUT2D eigenvalue weighted by atomic mass is 32.1. The number of hydrogen-bond acceptors (Lipinski definition) is 3. The van der Waals surface area contributed by atoms with Gasteiger partial charge < -0.3 is 9.47 Å². The molecule has 3 heterocycles. The first-order chi connectivity index (χ1) is 13.8. The lowest BCUT2D eigenvalue weighted by molar-refractivity contribution is 0.0564. The van der Waals surface area contributed by atoms with Crippen molar-refractivity contribution in [3.63, 3.8) is 0 Å². The first kappa shape index (κ1) is 18.0. The molecule has 0 atom stereocenters. The standard InChI is InChI=1S/C23H27N3OS/c27-23(25-13-11-24(12-14-25)19-8-4-5-9-19)21-16-22-20(10-15-28-22)26(21)17-18-6-2-1-3-7-18/h1-3,6-7,10,15-16,19H,4-5,8-9,11-14,17H2. The van der Waals surface area contributed by atoms with Gasteiger partial charge >= 0.3 is 0 Å². The molecule has 0 bridgehead atoms. The lowest BCUT2D eigenvalue weighted by atomic mass is 10.1. The van der Waals surface area contributed by atoms with E-state index in [1.807, 2.05) is 6.07 Å².